The van der Waals surface area contributed by atoms with Gasteiger partial charge in [-0.2, -0.15) is 0 Å². The first-order valence-corrected chi connectivity index (χ1v) is 8.24. The number of aromatic nitrogens is 2. The molecule has 0 radical (unpaired) electrons. The maximum Gasteiger partial charge on any atom is 0.305 e. The molecule has 3 rings (SSSR count). The summed E-state index contributed by atoms with van der Waals surface area (Å²) in [4.78, 5) is 27.8. The molecule has 0 fully saturated rings. The molecule has 2 heterocycles. The van der Waals surface area contributed by atoms with Crippen molar-refractivity contribution in [2.75, 3.05) is 6.54 Å². The van der Waals surface area contributed by atoms with Gasteiger partial charge in [0.1, 0.15) is 10.6 Å². The Morgan fingerprint density at radius 2 is 1.96 bits per heavy atom. The van der Waals surface area contributed by atoms with Crippen LogP contribution in [0.15, 0.2) is 48.8 Å². The maximum absolute atomic E-state index is 12.3. The van der Waals surface area contributed by atoms with Crippen LogP contribution < -0.4 is 11.1 Å². The van der Waals surface area contributed by atoms with Gasteiger partial charge in [0, 0.05) is 30.1 Å². The fourth-order valence-electron chi connectivity index (χ4n) is 2.51. The van der Waals surface area contributed by atoms with Crippen LogP contribution in [0.1, 0.15) is 22.3 Å². The van der Waals surface area contributed by atoms with Crippen LogP contribution >= 0.6 is 12.2 Å². The third kappa shape index (κ3) is 3.70. The number of pyridine rings is 1. The second kappa shape index (κ2) is 7.32. The Bertz CT molecular complexity index is 995. The lowest BCUT2D eigenvalue weighted by Crippen LogP contribution is -2.26. The normalized spacial score (nSPS) is 10.6. The molecular formula is C18H16N4O3S. The van der Waals surface area contributed by atoms with Crippen molar-refractivity contribution in [1.82, 2.24) is 14.7 Å². The zero-order valence-electron chi connectivity index (χ0n) is 13.7. The van der Waals surface area contributed by atoms with Crippen molar-refractivity contribution in [1.29, 1.82) is 0 Å². The number of carboxylic acid groups (broad SMARTS) is 1. The molecule has 26 heavy (non-hydrogen) atoms. The van der Waals surface area contributed by atoms with Crippen LogP contribution in [0.3, 0.4) is 0 Å². The van der Waals surface area contributed by atoms with Gasteiger partial charge in [-0.3, -0.25) is 9.59 Å². The van der Waals surface area contributed by atoms with Crippen molar-refractivity contribution >= 4 is 34.7 Å². The first kappa shape index (κ1) is 17.6. The summed E-state index contributed by atoms with van der Waals surface area (Å²) >= 11 is 4.95. The van der Waals surface area contributed by atoms with Gasteiger partial charge < -0.3 is 20.6 Å². The van der Waals surface area contributed by atoms with E-state index < -0.39 is 5.97 Å². The van der Waals surface area contributed by atoms with Crippen LogP contribution in [0, 0.1) is 0 Å². The third-order valence-electron chi connectivity index (χ3n) is 3.82. The standard InChI is InChI=1S/C18H16N4O3S/c19-16(26)12-5-3-11(4-6-12)14-10-22-9-1-2-13(17(22)21-14)18(25)20-8-7-15(23)24/h1-6,9-10H,7-8H2,(H2,19,26)(H,20,25)(H,23,24). The monoisotopic (exact) mass is 368 g/mol. The summed E-state index contributed by atoms with van der Waals surface area (Å²) in [6.45, 7) is 0.0588. The minimum absolute atomic E-state index is 0.0588. The highest BCUT2D eigenvalue weighted by atomic mass is 32.1. The predicted molar refractivity (Wildman–Crippen MR) is 101 cm³/mol. The highest BCUT2D eigenvalue weighted by Crippen LogP contribution is 2.21. The fraction of sp³-hybridized carbons (Fsp3) is 0.111. The molecule has 0 spiro atoms. The first-order chi connectivity index (χ1) is 12.5. The Labute approximate surface area is 154 Å². The molecule has 7 nitrogen and oxygen atoms in total. The minimum Gasteiger partial charge on any atom is -0.481 e. The molecule has 0 atom stereocenters. The van der Waals surface area contributed by atoms with Gasteiger partial charge in [-0.25, -0.2) is 4.98 Å². The number of nitrogens with two attached hydrogens (primary N) is 1. The van der Waals surface area contributed by atoms with Crippen LogP contribution in [0.2, 0.25) is 0 Å². The summed E-state index contributed by atoms with van der Waals surface area (Å²) in [7, 11) is 0. The van der Waals surface area contributed by atoms with Crippen LogP contribution in [-0.4, -0.2) is 37.9 Å². The smallest absolute Gasteiger partial charge is 0.305 e. The van der Waals surface area contributed by atoms with Crippen molar-refractivity contribution in [3.05, 3.63) is 59.9 Å². The zero-order valence-corrected chi connectivity index (χ0v) is 14.5. The molecule has 0 aliphatic rings. The lowest BCUT2D eigenvalue weighted by atomic mass is 10.1. The van der Waals surface area contributed by atoms with Crippen LogP contribution in [0.5, 0.6) is 0 Å². The first-order valence-electron chi connectivity index (χ1n) is 7.83. The molecule has 1 amide bonds. The fourth-order valence-corrected chi connectivity index (χ4v) is 2.65. The van der Waals surface area contributed by atoms with Crippen molar-refractivity contribution in [2.24, 2.45) is 5.73 Å². The molecule has 8 heteroatoms. The van der Waals surface area contributed by atoms with E-state index in [1.807, 2.05) is 30.5 Å². The van der Waals surface area contributed by atoms with Gasteiger partial charge in [-0.15, -0.1) is 0 Å². The zero-order chi connectivity index (χ0) is 18.7. The van der Waals surface area contributed by atoms with Crippen LogP contribution in [0.25, 0.3) is 16.9 Å². The molecule has 3 aromatic rings. The van der Waals surface area contributed by atoms with Gasteiger partial charge in [0.15, 0.2) is 0 Å². The van der Waals surface area contributed by atoms with E-state index in [0.717, 1.165) is 11.1 Å². The van der Waals surface area contributed by atoms with Gasteiger partial charge in [-0.05, 0) is 12.1 Å². The number of imidazole rings is 1. The van der Waals surface area contributed by atoms with Gasteiger partial charge in [-0.1, -0.05) is 36.5 Å². The number of rotatable bonds is 6. The van der Waals surface area contributed by atoms with E-state index in [1.54, 1.807) is 22.7 Å². The molecule has 0 aliphatic heterocycles. The second-order valence-electron chi connectivity index (χ2n) is 5.62. The van der Waals surface area contributed by atoms with Gasteiger partial charge in [0.25, 0.3) is 5.91 Å². The summed E-state index contributed by atoms with van der Waals surface area (Å²) in [6.07, 6.45) is 3.48. The van der Waals surface area contributed by atoms with E-state index in [2.05, 4.69) is 10.3 Å². The Hall–Kier alpha value is -3.26. The Balaban J connectivity index is 1.90. The summed E-state index contributed by atoms with van der Waals surface area (Å²) < 4.78 is 1.75. The number of hydrogen-bond acceptors (Lipinski definition) is 4. The SMILES string of the molecule is NC(=S)c1ccc(-c2cn3cccc(C(=O)NCCC(=O)O)c3n2)cc1. The molecule has 2 aromatic heterocycles. The molecule has 1 aromatic carbocycles. The largest absolute Gasteiger partial charge is 0.481 e. The number of thiocarbonyl (C=S) groups is 1. The van der Waals surface area contributed by atoms with Gasteiger partial charge >= 0.3 is 5.97 Å². The molecule has 0 saturated carbocycles. The predicted octanol–water partition coefficient (Wildman–Crippen LogP) is 1.84. The summed E-state index contributed by atoms with van der Waals surface area (Å²) in [6, 6.07) is 10.8. The summed E-state index contributed by atoms with van der Waals surface area (Å²) in [5, 5.41) is 11.3. The Morgan fingerprint density at radius 3 is 2.62 bits per heavy atom. The lowest BCUT2D eigenvalue weighted by Gasteiger charge is -2.04. The summed E-state index contributed by atoms with van der Waals surface area (Å²) in [5.74, 6) is -1.33. The van der Waals surface area contributed by atoms with Crippen molar-refractivity contribution < 1.29 is 14.7 Å². The number of carbonyl (C=O) groups is 2. The average molecular weight is 368 g/mol. The molecular weight excluding hydrogens is 352 g/mol. The molecule has 0 bridgehead atoms. The number of fused-ring (bicyclic) bond motifs is 1. The van der Waals surface area contributed by atoms with Crippen molar-refractivity contribution in [2.45, 2.75) is 6.42 Å². The topological polar surface area (TPSA) is 110 Å². The highest BCUT2D eigenvalue weighted by molar-refractivity contribution is 7.80. The number of hydrogen-bond donors (Lipinski definition) is 3. The van der Waals surface area contributed by atoms with E-state index in [1.165, 1.54) is 0 Å². The van der Waals surface area contributed by atoms with Crippen molar-refractivity contribution in [3.8, 4) is 11.3 Å². The molecule has 0 saturated heterocycles. The van der Waals surface area contributed by atoms with Gasteiger partial charge in [0.2, 0.25) is 0 Å². The van der Waals surface area contributed by atoms with E-state index in [4.69, 9.17) is 23.1 Å². The van der Waals surface area contributed by atoms with Crippen molar-refractivity contribution in [3.63, 3.8) is 0 Å². The van der Waals surface area contributed by atoms with Crippen LogP contribution in [-0.2, 0) is 4.79 Å². The minimum atomic E-state index is -0.966. The number of carbonyl (C=O) groups excluding carboxylic acids is 1. The van der Waals surface area contributed by atoms with Crippen LogP contribution in [0.4, 0.5) is 0 Å². The molecule has 4 N–H and O–H groups in total. The van der Waals surface area contributed by atoms with E-state index in [-0.39, 0.29) is 18.9 Å². The third-order valence-corrected chi connectivity index (χ3v) is 4.05. The van der Waals surface area contributed by atoms with E-state index >= 15 is 0 Å². The second-order valence-corrected chi connectivity index (χ2v) is 6.06. The number of nitrogens with one attached hydrogen (secondary N) is 1. The number of amides is 1. The average Bonchev–Trinajstić information content (AvgIpc) is 3.05. The summed E-state index contributed by atoms with van der Waals surface area (Å²) in [5.41, 5.74) is 8.81. The number of aliphatic carboxylic acids is 1. The van der Waals surface area contributed by atoms with Gasteiger partial charge in [0.05, 0.1) is 17.7 Å². The van der Waals surface area contributed by atoms with E-state index in [0.29, 0.717) is 21.9 Å². The Kier molecular flexibility index (Phi) is 4.94. The Morgan fingerprint density at radius 1 is 1.23 bits per heavy atom. The lowest BCUT2D eigenvalue weighted by molar-refractivity contribution is -0.136. The van der Waals surface area contributed by atoms with E-state index in [9.17, 15) is 9.59 Å². The number of nitrogens with zero attached hydrogens (tertiary/aromatic N) is 2. The number of benzene rings is 1. The quantitative estimate of drug-likeness (QED) is 0.573. The molecule has 0 unspecified atom stereocenters. The maximum atomic E-state index is 12.3. The number of carboxylic acids is 1. The molecule has 132 valence electrons. The highest BCUT2D eigenvalue weighted by Gasteiger charge is 2.14. The molecule has 0 aliphatic carbocycles.